The molecule has 3 rings (SSSR count). The van der Waals surface area contributed by atoms with Gasteiger partial charge in [0.25, 0.3) is 0 Å². The van der Waals surface area contributed by atoms with E-state index in [1.54, 1.807) is 6.33 Å². The van der Waals surface area contributed by atoms with Crippen molar-refractivity contribution in [1.29, 1.82) is 0 Å². The predicted molar refractivity (Wildman–Crippen MR) is 88.8 cm³/mol. The molecule has 0 unspecified atom stereocenters. The fourth-order valence-electron chi connectivity index (χ4n) is 2.73. The fraction of sp³-hybridized carbons (Fsp3) is 0.412. The minimum atomic E-state index is 0.549. The highest BCUT2D eigenvalue weighted by Gasteiger charge is 2.15. The van der Waals surface area contributed by atoms with Gasteiger partial charge in [-0.25, -0.2) is 9.97 Å². The van der Waals surface area contributed by atoms with Crippen molar-refractivity contribution in [3.05, 3.63) is 36.7 Å². The SMILES string of the molecule is CCOc1ccc(Nc2cc(NC3CCCC3)ncn2)cc1. The van der Waals surface area contributed by atoms with Gasteiger partial charge in [0, 0.05) is 17.8 Å². The van der Waals surface area contributed by atoms with Gasteiger partial charge in [-0.2, -0.15) is 0 Å². The first-order valence-electron chi connectivity index (χ1n) is 7.92. The smallest absolute Gasteiger partial charge is 0.135 e. The maximum absolute atomic E-state index is 5.44. The summed E-state index contributed by atoms with van der Waals surface area (Å²) in [5, 5.41) is 6.77. The molecule has 1 saturated carbocycles. The molecule has 0 atom stereocenters. The summed E-state index contributed by atoms with van der Waals surface area (Å²) in [5.74, 6) is 2.55. The highest BCUT2D eigenvalue weighted by atomic mass is 16.5. The van der Waals surface area contributed by atoms with Crippen molar-refractivity contribution in [3.8, 4) is 5.75 Å². The third-order valence-corrected chi connectivity index (χ3v) is 3.81. The van der Waals surface area contributed by atoms with Crippen LogP contribution in [0.25, 0.3) is 0 Å². The Labute approximate surface area is 131 Å². The van der Waals surface area contributed by atoms with Gasteiger partial charge < -0.3 is 15.4 Å². The first-order valence-corrected chi connectivity index (χ1v) is 7.92. The highest BCUT2D eigenvalue weighted by Crippen LogP contribution is 2.23. The lowest BCUT2D eigenvalue weighted by Crippen LogP contribution is -2.15. The van der Waals surface area contributed by atoms with E-state index < -0.39 is 0 Å². The van der Waals surface area contributed by atoms with E-state index in [1.807, 2.05) is 37.3 Å². The highest BCUT2D eigenvalue weighted by molar-refractivity contribution is 5.59. The molecule has 0 amide bonds. The molecule has 5 nitrogen and oxygen atoms in total. The Bertz CT molecular complexity index is 594. The quantitative estimate of drug-likeness (QED) is 0.845. The Hall–Kier alpha value is -2.30. The molecular weight excluding hydrogens is 276 g/mol. The van der Waals surface area contributed by atoms with E-state index in [0.29, 0.717) is 12.6 Å². The topological polar surface area (TPSA) is 59.1 Å². The van der Waals surface area contributed by atoms with Gasteiger partial charge in [-0.15, -0.1) is 0 Å². The average Bonchev–Trinajstić information content (AvgIpc) is 3.03. The predicted octanol–water partition coefficient (Wildman–Crippen LogP) is 3.97. The lowest BCUT2D eigenvalue weighted by Gasteiger charge is -2.13. The molecule has 1 aliphatic carbocycles. The molecule has 0 saturated heterocycles. The number of nitrogens with zero attached hydrogens (tertiary/aromatic N) is 2. The van der Waals surface area contributed by atoms with Crippen LogP contribution in [0.2, 0.25) is 0 Å². The number of nitrogens with one attached hydrogen (secondary N) is 2. The fourth-order valence-corrected chi connectivity index (χ4v) is 2.73. The number of ether oxygens (including phenoxy) is 1. The number of benzene rings is 1. The van der Waals surface area contributed by atoms with Crippen LogP contribution in [0.15, 0.2) is 36.7 Å². The third kappa shape index (κ3) is 3.87. The molecule has 0 bridgehead atoms. The van der Waals surface area contributed by atoms with Gasteiger partial charge in [0.1, 0.15) is 23.7 Å². The van der Waals surface area contributed by atoms with Gasteiger partial charge in [0.05, 0.1) is 6.61 Å². The molecule has 5 heteroatoms. The lowest BCUT2D eigenvalue weighted by atomic mass is 10.2. The van der Waals surface area contributed by atoms with E-state index in [-0.39, 0.29) is 0 Å². The Morgan fingerprint density at radius 2 is 1.82 bits per heavy atom. The zero-order valence-electron chi connectivity index (χ0n) is 12.9. The molecular formula is C17H22N4O. The van der Waals surface area contributed by atoms with Crippen molar-refractivity contribution in [2.45, 2.75) is 38.6 Å². The molecule has 1 aromatic carbocycles. The number of aromatic nitrogens is 2. The molecule has 22 heavy (non-hydrogen) atoms. The van der Waals surface area contributed by atoms with Crippen LogP contribution in [0.3, 0.4) is 0 Å². The average molecular weight is 298 g/mol. The maximum atomic E-state index is 5.44. The Balaban J connectivity index is 1.64. The van der Waals surface area contributed by atoms with Crippen LogP contribution in [0.1, 0.15) is 32.6 Å². The summed E-state index contributed by atoms with van der Waals surface area (Å²) in [7, 11) is 0. The summed E-state index contributed by atoms with van der Waals surface area (Å²) in [6.45, 7) is 2.65. The molecule has 1 aliphatic rings. The molecule has 1 heterocycles. The monoisotopic (exact) mass is 298 g/mol. The second kappa shape index (κ2) is 7.11. The van der Waals surface area contributed by atoms with E-state index in [0.717, 1.165) is 23.1 Å². The van der Waals surface area contributed by atoms with Crippen molar-refractivity contribution < 1.29 is 4.74 Å². The minimum absolute atomic E-state index is 0.549. The molecule has 0 aliphatic heterocycles. The van der Waals surface area contributed by atoms with Crippen molar-refractivity contribution in [2.24, 2.45) is 0 Å². The van der Waals surface area contributed by atoms with Crippen LogP contribution in [0, 0.1) is 0 Å². The van der Waals surface area contributed by atoms with Crippen LogP contribution in [-0.4, -0.2) is 22.6 Å². The van der Waals surface area contributed by atoms with Crippen LogP contribution >= 0.6 is 0 Å². The number of hydrogen-bond donors (Lipinski definition) is 2. The second-order valence-corrected chi connectivity index (χ2v) is 5.50. The van der Waals surface area contributed by atoms with Crippen LogP contribution in [-0.2, 0) is 0 Å². The molecule has 116 valence electrons. The van der Waals surface area contributed by atoms with E-state index in [1.165, 1.54) is 25.7 Å². The van der Waals surface area contributed by atoms with Crippen LogP contribution in [0.5, 0.6) is 5.75 Å². The van der Waals surface area contributed by atoms with E-state index in [2.05, 4.69) is 20.6 Å². The van der Waals surface area contributed by atoms with Gasteiger partial charge in [-0.3, -0.25) is 0 Å². The summed E-state index contributed by atoms with van der Waals surface area (Å²) in [6.07, 6.45) is 6.66. The number of rotatable bonds is 6. The zero-order chi connectivity index (χ0) is 15.2. The largest absolute Gasteiger partial charge is 0.494 e. The minimum Gasteiger partial charge on any atom is -0.494 e. The van der Waals surface area contributed by atoms with Gasteiger partial charge in [-0.05, 0) is 44.0 Å². The molecule has 0 radical (unpaired) electrons. The normalized spacial score (nSPS) is 14.8. The van der Waals surface area contributed by atoms with E-state index in [4.69, 9.17) is 4.74 Å². The standard InChI is InChI=1S/C17H22N4O/c1-2-22-15-9-7-14(8-10-15)21-17-11-16(18-12-19-17)20-13-5-3-4-6-13/h7-13H,2-6H2,1H3,(H2,18,19,20,21). The van der Waals surface area contributed by atoms with Crippen LogP contribution in [0.4, 0.5) is 17.3 Å². The maximum Gasteiger partial charge on any atom is 0.135 e. The summed E-state index contributed by atoms with van der Waals surface area (Å²) < 4.78 is 5.44. The Morgan fingerprint density at radius 3 is 2.55 bits per heavy atom. The van der Waals surface area contributed by atoms with Crippen LogP contribution < -0.4 is 15.4 Å². The third-order valence-electron chi connectivity index (χ3n) is 3.81. The van der Waals surface area contributed by atoms with Gasteiger partial charge in [0.2, 0.25) is 0 Å². The number of hydrogen-bond acceptors (Lipinski definition) is 5. The van der Waals surface area contributed by atoms with Gasteiger partial charge >= 0.3 is 0 Å². The molecule has 0 spiro atoms. The van der Waals surface area contributed by atoms with E-state index >= 15 is 0 Å². The first kappa shape index (κ1) is 14.6. The second-order valence-electron chi connectivity index (χ2n) is 5.50. The molecule has 2 N–H and O–H groups in total. The molecule has 2 aromatic rings. The Morgan fingerprint density at radius 1 is 1.09 bits per heavy atom. The zero-order valence-corrected chi connectivity index (χ0v) is 12.9. The van der Waals surface area contributed by atoms with Crippen molar-refractivity contribution in [3.63, 3.8) is 0 Å². The summed E-state index contributed by atoms with van der Waals surface area (Å²) in [4.78, 5) is 8.58. The summed E-state index contributed by atoms with van der Waals surface area (Å²) >= 11 is 0. The van der Waals surface area contributed by atoms with Crippen molar-refractivity contribution in [1.82, 2.24) is 9.97 Å². The van der Waals surface area contributed by atoms with Crippen molar-refractivity contribution in [2.75, 3.05) is 17.2 Å². The van der Waals surface area contributed by atoms with Crippen molar-refractivity contribution >= 4 is 17.3 Å². The van der Waals surface area contributed by atoms with E-state index in [9.17, 15) is 0 Å². The Kier molecular flexibility index (Phi) is 4.73. The molecule has 1 fully saturated rings. The first-order chi connectivity index (χ1) is 10.8. The van der Waals surface area contributed by atoms with Gasteiger partial charge in [0.15, 0.2) is 0 Å². The summed E-state index contributed by atoms with van der Waals surface area (Å²) in [6, 6.07) is 10.4. The lowest BCUT2D eigenvalue weighted by molar-refractivity contribution is 0.340. The van der Waals surface area contributed by atoms with Gasteiger partial charge in [-0.1, -0.05) is 12.8 Å². The number of anilines is 3. The molecule has 1 aromatic heterocycles. The summed E-state index contributed by atoms with van der Waals surface area (Å²) in [5.41, 5.74) is 0.981.